The summed E-state index contributed by atoms with van der Waals surface area (Å²) in [5.74, 6) is 2.18. The summed E-state index contributed by atoms with van der Waals surface area (Å²) >= 11 is 7.73. The minimum Gasteiger partial charge on any atom is -0.494 e. The van der Waals surface area contributed by atoms with Crippen LogP contribution in [0.3, 0.4) is 0 Å². The fourth-order valence-electron chi connectivity index (χ4n) is 3.37. The first-order chi connectivity index (χ1) is 16.9. The van der Waals surface area contributed by atoms with Crippen LogP contribution in [0.4, 0.5) is 0 Å². The van der Waals surface area contributed by atoms with Crippen LogP contribution >= 0.6 is 23.4 Å². The van der Waals surface area contributed by atoms with Crippen LogP contribution < -0.4 is 14.2 Å². The average Bonchev–Trinajstić information content (AvgIpc) is 3.18. The van der Waals surface area contributed by atoms with Crippen molar-refractivity contribution in [3.05, 3.63) is 75.6 Å². The number of benzene rings is 2. The van der Waals surface area contributed by atoms with Crippen LogP contribution in [-0.4, -0.2) is 46.1 Å². The number of halogens is 1. The maximum atomic E-state index is 11.6. The summed E-state index contributed by atoms with van der Waals surface area (Å²) in [6.45, 7) is 10.1. The Labute approximate surface area is 213 Å². The molecule has 0 N–H and O–H groups in total. The Hall–Kier alpha value is -3.24. The lowest BCUT2D eigenvalue weighted by molar-refractivity contribution is -0.479. The van der Waals surface area contributed by atoms with Gasteiger partial charge in [0.05, 0.1) is 18.2 Å². The number of rotatable bonds is 13. The molecule has 3 aromatic rings. The molecule has 0 saturated heterocycles. The van der Waals surface area contributed by atoms with E-state index in [-0.39, 0.29) is 18.1 Å². The fraction of sp³-hybridized carbons (Fsp3) is 0.333. The number of ether oxygens (including phenoxy) is 3. The zero-order valence-corrected chi connectivity index (χ0v) is 21.3. The van der Waals surface area contributed by atoms with E-state index in [9.17, 15) is 10.1 Å². The average molecular weight is 519 g/mol. The minimum absolute atomic E-state index is 0.247. The number of hydrogen-bond acceptors (Lipinski definition) is 8. The lowest BCUT2D eigenvalue weighted by atomic mass is 10.1. The van der Waals surface area contributed by atoms with Crippen LogP contribution in [0.15, 0.2) is 54.2 Å². The summed E-state index contributed by atoms with van der Waals surface area (Å²) in [4.78, 5) is 11.2. The molecule has 35 heavy (non-hydrogen) atoms. The maximum Gasteiger partial charge on any atom is 0.220 e. The third kappa shape index (κ3) is 6.67. The molecule has 0 saturated carbocycles. The van der Waals surface area contributed by atoms with Crippen molar-refractivity contribution in [2.75, 3.05) is 26.4 Å². The van der Waals surface area contributed by atoms with Crippen LogP contribution in [0.1, 0.15) is 30.5 Å². The second kappa shape index (κ2) is 12.5. The molecular formula is C24H27ClN4O5S. The molecule has 9 nitrogen and oxygen atoms in total. The van der Waals surface area contributed by atoms with Gasteiger partial charge in [-0.3, -0.25) is 14.7 Å². The molecule has 0 spiro atoms. The predicted octanol–water partition coefficient (Wildman–Crippen LogP) is 5.70. The molecule has 3 rings (SSSR count). The van der Waals surface area contributed by atoms with Gasteiger partial charge in [0.1, 0.15) is 23.4 Å². The van der Waals surface area contributed by atoms with Crippen molar-refractivity contribution in [3.63, 3.8) is 0 Å². The van der Waals surface area contributed by atoms with Crippen molar-refractivity contribution in [1.82, 2.24) is 14.8 Å². The largest absolute Gasteiger partial charge is 0.494 e. The molecule has 186 valence electrons. The SMILES string of the molecule is C=CCOc1c(Cl)cc([C@H](C[N+](=O)[O-])Sc2nnc(C)n2-c2ccc(OCC)cc2)cc1OCC. The van der Waals surface area contributed by atoms with Gasteiger partial charge >= 0.3 is 0 Å². The van der Waals surface area contributed by atoms with Gasteiger partial charge in [-0.1, -0.05) is 36.0 Å². The van der Waals surface area contributed by atoms with E-state index in [4.69, 9.17) is 25.8 Å². The van der Waals surface area contributed by atoms with Crippen molar-refractivity contribution in [3.8, 4) is 22.9 Å². The molecule has 1 aromatic heterocycles. The van der Waals surface area contributed by atoms with Gasteiger partial charge in [-0.15, -0.1) is 10.2 Å². The first-order valence-electron chi connectivity index (χ1n) is 11.0. The van der Waals surface area contributed by atoms with Gasteiger partial charge in [-0.2, -0.15) is 0 Å². The molecule has 0 aliphatic heterocycles. The van der Waals surface area contributed by atoms with Crippen LogP contribution in [0.25, 0.3) is 5.69 Å². The lowest BCUT2D eigenvalue weighted by Gasteiger charge is -2.18. The highest BCUT2D eigenvalue weighted by Gasteiger charge is 2.26. The molecule has 2 aromatic carbocycles. The Morgan fingerprint density at radius 2 is 1.89 bits per heavy atom. The zero-order chi connectivity index (χ0) is 25.4. The quantitative estimate of drug-likeness (QED) is 0.123. The molecule has 0 aliphatic carbocycles. The monoisotopic (exact) mass is 518 g/mol. The molecule has 0 radical (unpaired) electrons. The van der Waals surface area contributed by atoms with E-state index in [1.165, 1.54) is 11.8 Å². The van der Waals surface area contributed by atoms with Crippen molar-refractivity contribution in [1.29, 1.82) is 0 Å². The van der Waals surface area contributed by atoms with Crippen molar-refractivity contribution in [2.45, 2.75) is 31.2 Å². The van der Waals surface area contributed by atoms with E-state index in [1.807, 2.05) is 49.6 Å². The Morgan fingerprint density at radius 1 is 1.17 bits per heavy atom. The molecule has 0 amide bonds. The second-order valence-corrected chi connectivity index (χ2v) is 8.85. The number of aromatic nitrogens is 3. The second-order valence-electron chi connectivity index (χ2n) is 7.28. The summed E-state index contributed by atoms with van der Waals surface area (Å²) in [6.07, 6.45) is 1.60. The Balaban J connectivity index is 1.99. The van der Waals surface area contributed by atoms with E-state index in [2.05, 4.69) is 16.8 Å². The highest BCUT2D eigenvalue weighted by Crippen LogP contribution is 2.43. The predicted molar refractivity (Wildman–Crippen MR) is 136 cm³/mol. The highest BCUT2D eigenvalue weighted by molar-refractivity contribution is 7.99. The topological polar surface area (TPSA) is 102 Å². The third-order valence-electron chi connectivity index (χ3n) is 4.81. The summed E-state index contributed by atoms with van der Waals surface area (Å²) in [6, 6.07) is 10.9. The van der Waals surface area contributed by atoms with Gasteiger partial charge in [0.25, 0.3) is 0 Å². The first-order valence-corrected chi connectivity index (χ1v) is 12.3. The van der Waals surface area contributed by atoms with Crippen LogP contribution in [-0.2, 0) is 0 Å². The molecule has 1 atom stereocenters. The van der Waals surface area contributed by atoms with Gasteiger partial charge in [0.15, 0.2) is 16.7 Å². The molecular weight excluding hydrogens is 492 g/mol. The van der Waals surface area contributed by atoms with E-state index in [0.29, 0.717) is 46.3 Å². The van der Waals surface area contributed by atoms with Gasteiger partial charge in [-0.25, -0.2) is 0 Å². The number of hydrogen-bond donors (Lipinski definition) is 0. The van der Waals surface area contributed by atoms with Crippen molar-refractivity contribution >= 4 is 23.4 Å². The number of thioether (sulfide) groups is 1. The van der Waals surface area contributed by atoms with Crippen LogP contribution in [0.5, 0.6) is 17.2 Å². The van der Waals surface area contributed by atoms with E-state index < -0.39 is 5.25 Å². The first kappa shape index (κ1) is 26.4. The third-order valence-corrected chi connectivity index (χ3v) is 6.27. The van der Waals surface area contributed by atoms with E-state index in [1.54, 1.807) is 18.2 Å². The normalized spacial score (nSPS) is 11.7. The van der Waals surface area contributed by atoms with E-state index in [0.717, 1.165) is 11.4 Å². The fourth-order valence-corrected chi connectivity index (χ4v) is 4.79. The summed E-state index contributed by atoms with van der Waals surface area (Å²) in [5.41, 5.74) is 1.43. The lowest BCUT2D eigenvalue weighted by Crippen LogP contribution is -2.12. The van der Waals surface area contributed by atoms with Crippen LogP contribution in [0.2, 0.25) is 5.02 Å². The van der Waals surface area contributed by atoms with Gasteiger partial charge < -0.3 is 14.2 Å². The highest BCUT2D eigenvalue weighted by atomic mass is 35.5. The Bertz CT molecular complexity index is 1170. The summed E-state index contributed by atoms with van der Waals surface area (Å²) in [5, 5.41) is 20.3. The van der Waals surface area contributed by atoms with Gasteiger partial charge in [0, 0.05) is 10.6 Å². The standard InChI is InChI=1S/C24H27ClN4O5S/c1-5-12-34-23-20(25)13-17(14-21(23)33-7-3)22(15-28(30)31)35-24-27-26-16(4)29(24)18-8-10-19(11-9-18)32-6-2/h5,8-11,13-14,22H,1,6-7,12,15H2,2-4H3/t22-/m0/s1. The number of nitro groups is 1. The number of nitrogens with zero attached hydrogens (tertiary/aromatic N) is 4. The summed E-state index contributed by atoms with van der Waals surface area (Å²) in [7, 11) is 0. The zero-order valence-electron chi connectivity index (χ0n) is 19.8. The van der Waals surface area contributed by atoms with Gasteiger partial charge in [0.2, 0.25) is 6.54 Å². The maximum absolute atomic E-state index is 11.6. The summed E-state index contributed by atoms with van der Waals surface area (Å²) < 4.78 is 18.7. The molecule has 11 heteroatoms. The molecule has 0 bridgehead atoms. The van der Waals surface area contributed by atoms with Gasteiger partial charge in [-0.05, 0) is 62.7 Å². The van der Waals surface area contributed by atoms with Crippen molar-refractivity contribution in [2.24, 2.45) is 0 Å². The molecule has 0 aliphatic rings. The molecule has 1 heterocycles. The smallest absolute Gasteiger partial charge is 0.220 e. The molecule has 0 unspecified atom stereocenters. The number of aryl methyl sites for hydroxylation is 1. The minimum atomic E-state index is -0.611. The Kier molecular flexibility index (Phi) is 9.39. The van der Waals surface area contributed by atoms with E-state index >= 15 is 0 Å². The van der Waals surface area contributed by atoms with Crippen molar-refractivity contribution < 1.29 is 19.1 Å². The van der Waals surface area contributed by atoms with Crippen LogP contribution in [0, 0.1) is 17.0 Å². The molecule has 0 fully saturated rings. The Morgan fingerprint density at radius 3 is 2.51 bits per heavy atom.